The van der Waals surface area contributed by atoms with Crippen molar-refractivity contribution in [2.24, 2.45) is 0 Å². The fourth-order valence-electron chi connectivity index (χ4n) is 2.09. The molecule has 0 atom stereocenters. The molecule has 0 spiro atoms. The molecule has 110 valence electrons. The molecule has 1 aromatic rings. The van der Waals surface area contributed by atoms with Crippen molar-refractivity contribution in [2.45, 2.75) is 11.3 Å². The van der Waals surface area contributed by atoms with Gasteiger partial charge in [-0.15, -0.1) is 0 Å². The van der Waals surface area contributed by atoms with Crippen LogP contribution in [0.25, 0.3) is 0 Å². The fraction of sp³-hybridized carbons (Fsp3) is 0.385. The van der Waals surface area contributed by atoms with Crippen LogP contribution in [0.1, 0.15) is 6.42 Å². The van der Waals surface area contributed by atoms with E-state index < -0.39 is 10.0 Å². The maximum atomic E-state index is 12.5. The van der Waals surface area contributed by atoms with E-state index in [0.29, 0.717) is 31.8 Å². The number of methoxy groups -OCH3 is 1. The third kappa shape index (κ3) is 3.15. The molecule has 0 aromatic heterocycles. The van der Waals surface area contributed by atoms with E-state index in [1.165, 1.54) is 22.5 Å². The number of halogens is 1. The first-order valence-electron chi connectivity index (χ1n) is 6.17. The van der Waals surface area contributed by atoms with Crippen molar-refractivity contribution in [1.82, 2.24) is 4.31 Å². The minimum atomic E-state index is -3.59. The summed E-state index contributed by atoms with van der Waals surface area (Å²) >= 11 is 5.99. The van der Waals surface area contributed by atoms with Gasteiger partial charge in [-0.05, 0) is 30.2 Å². The molecule has 0 aliphatic carbocycles. The van der Waals surface area contributed by atoms with Gasteiger partial charge in [-0.2, -0.15) is 4.31 Å². The highest BCUT2D eigenvalue weighted by atomic mass is 35.5. The third-order valence-electron chi connectivity index (χ3n) is 3.17. The van der Waals surface area contributed by atoms with Gasteiger partial charge in [-0.1, -0.05) is 17.7 Å². The van der Waals surface area contributed by atoms with Crippen molar-refractivity contribution in [3.63, 3.8) is 0 Å². The van der Waals surface area contributed by atoms with Crippen molar-refractivity contribution >= 4 is 27.3 Å². The number of sulfonamides is 1. The van der Waals surface area contributed by atoms with Gasteiger partial charge in [0.1, 0.15) is 4.90 Å². The molecular weight excluding hydrogens is 300 g/mol. The van der Waals surface area contributed by atoms with E-state index in [1.807, 2.05) is 6.08 Å². The van der Waals surface area contributed by atoms with Gasteiger partial charge in [0, 0.05) is 25.9 Å². The largest absolute Gasteiger partial charge is 0.399 e. The molecule has 1 aliphatic heterocycles. The lowest BCUT2D eigenvalue weighted by Gasteiger charge is -2.26. The quantitative estimate of drug-likeness (QED) is 0.680. The predicted molar refractivity (Wildman–Crippen MR) is 79.2 cm³/mol. The summed E-state index contributed by atoms with van der Waals surface area (Å²) in [6.45, 7) is 1.30. The minimum absolute atomic E-state index is 0.0944. The summed E-state index contributed by atoms with van der Waals surface area (Å²) in [5.74, 6) is 0. The number of ether oxygens (including phenoxy) is 1. The van der Waals surface area contributed by atoms with Gasteiger partial charge in [0.25, 0.3) is 0 Å². The first kappa shape index (κ1) is 15.3. The van der Waals surface area contributed by atoms with Crippen LogP contribution in [0.4, 0.5) is 5.69 Å². The molecule has 0 unspecified atom stereocenters. The molecule has 1 aliphatic rings. The number of benzene rings is 1. The van der Waals surface area contributed by atoms with E-state index in [-0.39, 0.29) is 9.92 Å². The number of nitrogens with zero attached hydrogens (tertiary/aromatic N) is 1. The molecule has 1 aromatic carbocycles. The van der Waals surface area contributed by atoms with Crippen molar-refractivity contribution < 1.29 is 13.2 Å². The molecule has 0 saturated heterocycles. The zero-order valence-electron chi connectivity index (χ0n) is 11.2. The fourth-order valence-corrected chi connectivity index (χ4v) is 4.00. The predicted octanol–water partition coefficient (Wildman–Crippen LogP) is 1.89. The van der Waals surface area contributed by atoms with Gasteiger partial charge in [0.15, 0.2) is 0 Å². The molecule has 1 heterocycles. The lowest BCUT2D eigenvalue weighted by atomic mass is 10.1. The smallest absolute Gasteiger partial charge is 0.244 e. The number of rotatable bonds is 4. The van der Waals surface area contributed by atoms with E-state index in [2.05, 4.69) is 0 Å². The SMILES string of the molecule is COCC1=CCN(S(=O)(=O)c2ccc(N)cc2Cl)CC1. The zero-order valence-corrected chi connectivity index (χ0v) is 12.7. The average molecular weight is 317 g/mol. The van der Waals surface area contributed by atoms with E-state index in [1.54, 1.807) is 7.11 Å². The molecular formula is C13H17ClN2O3S. The van der Waals surface area contributed by atoms with Crippen LogP contribution in [-0.2, 0) is 14.8 Å². The summed E-state index contributed by atoms with van der Waals surface area (Å²) in [5, 5.41) is 0.150. The summed E-state index contributed by atoms with van der Waals surface area (Å²) in [6, 6.07) is 4.43. The Hall–Kier alpha value is -1.08. The molecule has 2 rings (SSSR count). The molecule has 2 N–H and O–H groups in total. The highest BCUT2D eigenvalue weighted by Crippen LogP contribution is 2.28. The van der Waals surface area contributed by atoms with Crippen molar-refractivity contribution in [1.29, 1.82) is 0 Å². The maximum Gasteiger partial charge on any atom is 0.244 e. The van der Waals surface area contributed by atoms with Crippen LogP contribution in [-0.4, -0.2) is 39.5 Å². The Morgan fingerprint density at radius 1 is 1.45 bits per heavy atom. The van der Waals surface area contributed by atoms with Crippen LogP contribution in [0.3, 0.4) is 0 Å². The van der Waals surface area contributed by atoms with E-state index >= 15 is 0 Å². The van der Waals surface area contributed by atoms with Crippen LogP contribution >= 0.6 is 11.6 Å². The Kier molecular flexibility index (Phi) is 4.70. The van der Waals surface area contributed by atoms with Gasteiger partial charge in [0.05, 0.1) is 11.6 Å². The number of nitrogen functional groups attached to an aromatic ring is 1. The molecule has 0 amide bonds. The first-order valence-corrected chi connectivity index (χ1v) is 7.99. The molecule has 0 saturated carbocycles. The zero-order chi connectivity index (χ0) is 14.8. The molecule has 5 nitrogen and oxygen atoms in total. The first-order chi connectivity index (χ1) is 9.45. The van der Waals surface area contributed by atoms with Crippen LogP contribution in [0, 0.1) is 0 Å². The molecule has 0 fully saturated rings. The highest BCUT2D eigenvalue weighted by Gasteiger charge is 2.27. The van der Waals surface area contributed by atoms with Crippen molar-refractivity contribution in [2.75, 3.05) is 32.5 Å². The summed E-state index contributed by atoms with van der Waals surface area (Å²) in [4.78, 5) is 0.0944. The summed E-state index contributed by atoms with van der Waals surface area (Å²) in [5.41, 5.74) is 7.14. The van der Waals surface area contributed by atoms with E-state index in [9.17, 15) is 8.42 Å². The molecule has 7 heteroatoms. The van der Waals surface area contributed by atoms with Gasteiger partial charge >= 0.3 is 0 Å². The Morgan fingerprint density at radius 2 is 2.20 bits per heavy atom. The third-order valence-corrected chi connectivity index (χ3v) is 5.52. The van der Waals surface area contributed by atoms with E-state index in [0.717, 1.165) is 5.57 Å². The lowest BCUT2D eigenvalue weighted by molar-refractivity contribution is 0.219. The molecule has 0 bridgehead atoms. The van der Waals surface area contributed by atoms with Crippen LogP contribution in [0.15, 0.2) is 34.7 Å². The van der Waals surface area contributed by atoms with Crippen LogP contribution in [0.5, 0.6) is 0 Å². The second-order valence-corrected chi connectivity index (χ2v) is 6.91. The average Bonchev–Trinajstić information content (AvgIpc) is 2.39. The van der Waals surface area contributed by atoms with Gasteiger partial charge in [-0.25, -0.2) is 8.42 Å². The molecule has 20 heavy (non-hydrogen) atoms. The number of hydrogen-bond donors (Lipinski definition) is 1. The Morgan fingerprint density at radius 3 is 2.75 bits per heavy atom. The number of nitrogens with two attached hydrogens (primary N) is 1. The van der Waals surface area contributed by atoms with Gasteiger partial charge in [0.2, 0.25) is 10.0 Å². The minimum Gasteiger partial charge on any atom is -0.399 e. The lowest BCUT2D eigenvalue weighted by Crippen LogP contribution is -2.35. The van der Waals surface area contributed by atoms with E-state index in [4.69, 9.17) is 22.1 Å². The molecule has 0 radical (unpaired) electrons. The normalized spacial score (nSPS) is 17.0. The maximum absolute atomic E-state index is 12.5. The van der Waals surface area contributed by atoms with Gasteiger partial charge < -0.3 is 10.5 Å². The number of anilines is 1. The Balaban J connectivity index is 2.24. The van der Waals surface area contributed by atoms with Crippen LogP contribution < -0.4 is 5.73 Å². The van der Waals surface area contributed by atoms with Crippen molar-refractivity contribution in [3.05, 3.63) is 34.9 Å². The summed E-state index contributed by atoms with van der Waals surface area (Å²) in [6.07, 6.45) is 2.55. The number of hydrogen-bond acceptors (Lipinski definition) is 4. The standard InChI is InChI=1S/C13H17ClN2O3S/c1-19-9-10-4-6-16(7-5-10)20(17,18)13-3-2-11(15)8-12(13)14/h2-4,8H,5-7,9,15H2,1H3. The Bertz CT molecular complexity index is 629. The van der Waals surface area contributed by atoms with Gasteiger partial charge in [-0.3, -0.25) is 0 Å². The monoisotopic (exact) mass is 316 g/mol. The summed E-state index contributed by atoms with van der Waals surface area (Å²) in [7, 11) is -1.96. The van der Waals surface area contributed by atoms with Crippen molar-refractivity contribution in [3.8, 4) is 0 Å². The van der Waals surface area contributed by atoms with Crippen LogP contribution in [0.2, 0.25) is 5.02 Å². The highest BCUT2D eigenvalue weighted by molar-refractivity contribution is 7.89. The second kappa shape index (κ2) is 6.13. The Labute approximate surface area is 124 Å². The summed E-state index contributed by atoms with van der Waals surface area (Å²) < 4.78 is 31.5. The second-order valence-electron chi connectivity index (χ2n) is 4.60. The topological polar surface area (TPSA) is 72.6 Å².